The van der Waals surface area contributed by atoms with Crippen molar-refractivity contribution in [2.24, 2.45) is 0 Å². The summed E-state index contributed by atoms with van der Waals surface area (Å²) in [6.07, 6.45) is 0.555. The van der Waals surface area contributed by atoms with Crippen LogP contribution in [0.5, 0.6) is 0 Å². The van der Waals surface area contributed by atoms with Crippen LogP contribution in [0.15, 0.2) is 24.3 Å². The van der Waals surface area contributed by atoms with Crippen LogP contribution >= 0.6 is 0 Å². The molecule has 0 fully saturated rings. The van der Waals surface area contributed by atoms with E-state index in [2.05, 4.69) is 32.3 Å². The lowest BCUT2D eigenvalue weighted by molar-refractivity contribution is 0.199. The number of hydrogen-bond acceptors (Lipinski definition) is 5. The molecule has 1 aliphatic rings. The summed E-state index contributed by atoms with van der Waals surface area (Å²) in [7, 11) is 1.83. The number of fused-ring (bicyclic) bond motifs is 1. The topological polar surface area (TPSA) is 61.3 Å². The fourth-order valence-corrected chi connectivity index (χ4v) is 2.85. The van der Waals surface area contributed by atoms with Gasteiger partial charge in [-0.15, -0.1) is 0 Å². The average Bonchev–Trinajstić information content (AvgIpc) is 2.53. The second kappa shape index (κ2) is 5.93. The van der Waals surface area contributed by atoms with E-state index in [1.807, 2.05) is 26.1 Å². The maximum absolute atomic E-state index is 9.71. The molecule has 5 heteroatoms. The second-order valence-corrected chi connectivity index (χ2v) is 5.82. The molecule has 5 nitrogen and oxygen atoms in total. The molecule has 0 aliphatic carbocycles. The summed E-state index contributed by atoms with van der Waals surface area (Å²) in [5.74, 6) is 1.62. The maximum Gasteiger partial charge on any atom is 0.224 e. The number of benzene rings is 1. The van der Waals surface area contributed by atoms with Crippen molar-refractivity contribution in [3.05, 3.63) is 46.6 Å². The van der Waals surface area contributed by atoms with Crippen LogP contribution in [-0.2, 0) is 13.0 Å². The zero-order chi connectivity index (χ0) is 15.7. The fourth-order valence-electron chi connectivity index (χ4n) is 2.85. The van der Waals surface area contributed by atoms with E-state index in [0.29, 0.717) is 5.95 Å². The first kappa shape index (κ1) is 14.8. The van der Waals surface area contributed by atoms with Crippen LogP contribution in [-0.4, -0.2) is 28.7 Å². The van der Waals surface area contributed by atoms with E-state index >= 15 is 0 Å². The molecule has 0 saturated carbocycles. The van der Waals surface area contributed by atoms with Crippen LogP contribution in [0.2, 0.25) is 0 Å². The standard InChI is InChI=1S/C17H22N4O/c1-11-8-16(20-17(18-3)19-11)21-7-6-14-9-13(12(2)22)4-5-15(14)10-21/h4-5,8-9,12,22H,6-7,10H2,1-3H3,(H,18,19,20)/t12-/m1/s1. The van der Waals surface area contributed by atoms with Crippen molar-refractivity contribution in [1.29, 1.82) is 0 Å². The predicted octanol–water partition coefficient (Wildman–Crippen LogP) is 2.44. The molecule has 1 aromatic carbocycles. The van der Waals surface area contributed by atoms with Gasteiger partial charge >= 0.3 is 0 Å². The van der Waals surface area contributed by atoms with Gasteiger partial charge in [0.05, 0.1) is 6.10 Å². The Kier molecular flexibility index (Phi) is 3.98. The monoisotopic (exact) mass is 298 g/mol. The molecule has 0 amide bonds. The maximum atomic E-state index is 9.71. The van der Waals surface area contributed by atoms with E-state index in [1.165, 1.54) is 11.1 Å². The summed E-state index contributed by atoms with van der Waals surface area (Å²) in [5, 5.41) is 12.7. The number of aromatic nitrogens is 2. The van der Waals surface area contributed by atoms with Crippen LogP contribution in [0.1, 0.15) is 35.4 Å². The average molecular weight is 298 g/mol. The van der Waals surface area contributed by atoms with E-state index in [-0.39, 0.29) is 0 Å². The van der Waals surface area contributed by atoms with E-state index < -0.39 is 6.10 Å². The van der Waals surface area contributed by atoms with Gasteiger partial charge in [-0.25, -0.2) is 4.98 Å². The first-order valence-electron chi connectivity index (χ1n) is 7.65. The summed E-state index contributed by atoms with van der Waals surface area (Å²) >= 11 is 0. The van der Waals surface area contributed by atoms with Crippen molar-refractivity contribution in [3.8, 4) is 0 Å². The smallest absolute Gasteiger partial charge is 0.224 e. The minimum atomic E-state index is -0.411. The zero-order valence-corrected chi connectivity index (χ0v) is 13.3. The molecular formula is C17H22N4O. The van der Waals surface area contributed by atoms with Crippen LogP contribution in [0.3, 0.4) is 0 Å². The first-order valence-corrected chi connectivity index (χ1v) is 7.65. The Morgan fingerprint density at radius 2 is 2.05 bits per heavy atom. The number of aliphatic hydroxyl groups excluding tert-OH is 1. The molecule has 0 spiro atoms. The van der Waals surface area contributed by atoms with E-state index in [9.17, 15) is 5.11 Å². The summed E-state index contributed by atoms with van der Waals surface area (Å²) in [4.78, 5) is 11.2. The Hall–Kier alpha value is -2.14. The van der Waals surface area contributed by atoms with Crippen molar-refractivity contribution in [1.82, 2.24) is 9.97 Å². The lowest BCUT2D eigenvalue weighted by Crippen LogP contribution is -2.31. The number of hydrogen-bond donors (Lipinski definition) is 2. The minimum Gasteiger partial charge on any atom is -0.389 e. The van der Waals surface area contributed by atoms with Gasteiger partial charge in [-0.2, -0.15) is 4.98 Å². The highest BCUT2D eigenvalue weighted by atomic mass is 16.3. The number of aryl methyl sites for hydroxylation is 1. The highest BCUT2D eigenvalue weighted by Crippen LogP contribution is 2.26. The third-order valence-corrected chi connectivity index (χ3v) is 4.11. The second-order valence-electron chi connectivity index (χ2n) is 5.82. The largest absolute Gasteiger partial charge is 0.389 e. The van der Waals surface area contributed by atoms with Crippen molar-refractivity contribution < 1.29 is 5.11 Å². The van der Waals surface area contributed by atoms with Crippen LogP contribution in [0.25, 0.3) is 0 Å². The summed E-state index contributed by atoms with van der Waals surface area (Å²) in [6, 6.07) is 8.28. The van der Waals surface area contributed by atoms with Crippen molar-refractivity contribution in [2.75, 3.05) is 23.8 Å². The molecule has 1 aromatic heterocycles. The Bertz CT molecular complexity index is 684. The van der Waals surface area contributed by atoms with Gasteiger partial charge in [-0.3, -0.25) is 0 Å². The Morgan fingerprint density at radius 3 is 2.77 bits per heavy atom. The molecular weight excluding hydrogens is 276 g/mol. The molecule has 1 atom stereocenters. The van der Waals surface area contributed by atoms with Crippen molar-refractivity contribution in [3.63, 3.8) is 0 Å². The summed E-state index contributed by atoms with van der Waals surface area (Å²) in [5.41, 5.74) is 4.58. The molecule has 0 unspecified atom stereocenters. The molecule has 3 rings (SSSR count). The lowest BCUT2D eigenvalue weighted by atomic mass is 9.96. The number of nitrogens with zero attached hydrogens (tertiary/aromatic N) is 3. The van der Waals surface area contributed by atoms with Gasteiger partial charge < -0.3 is 15.3 Å². The van der Waals surface area contributed by atoms with Gasteiger partial charge in [0.2, 0.25) is 5.95 Å². The minimum absolute atomic E-state index is 0.411. The Balaban J connectivity index is 1.87. The molecule has 1 aliphatic heterocycles. The number of anilines is 2. The van der Waals surface area contributed by atoms with Crippen molar-refractivity contribution >= 4 is 11.8 Å². The Labute approximate surface area is 131 Å². The molecule has 0 bridgehead atoms. The van der Waals surface area contributed by atoms with Gasteiger partial charge in [-0.05, 0) is 37.0 Å². The predicted molar refractivity (Wildman–Crippen MR) is 88.1 cm³/mol. The van der Waals surface area contributed by atoms with E-state index in [0.717, 1.165) is 36.6 Å². The summed E-state index contributed by atoms with van der Waals surface area (Å²) < 4.78 is 0. The highest BCUT2D eigenvalue weighted by Gasteiger charge is 2.19. The lowest BCUT2D eigenvalue weighted by Gasteiger charge is -2.30. The van der Waals surface area contributed by atoms with Gasteiger partial charge in [-0.1, -0.05) is 18.2 Å². The van der Waals surface area contributed by atoms with Crippen molar-refractivity contribution in [2.45, 2.75) is 32.9 Å². The normalized spacial score (nSPS) is 15.4. The van der Waals surface area contributed by atoms with Gasteiger partial charge in [0.1, 0.15) is 5.82 Å². The number of nitrogens with one attached hydrogen (secondary N) is 1. The third-order valence-electron chi connectivity index (χ3n) is 4.11. The molecule has 2 heterocycles. The number of rotatable bonds is 3. The van der Waals surface area contributed by atoms with Gasteiger partial charge in [0, 0.05) is 31.9 Å². The quantitative estimate of drug-likeness (QED) is 0.911. The number of aliphatic hydroxyl groups is 1. The van der Waals surface area contributed by atoms with E-state index in [1.54, 1.807) is 6.92 Å². The highest BCUT2D eigenvalue weighted by molar-refractivity contribution is 5.48. The van der Waals surface area contributed by atoms with E-state index in [4.69, 9.17) is 0 Å². The van der Waals surface area contributed by atoms with Crippen LogP contribution in [0, 0.1) is 6.92 Å². The third kappa shape index (κ3) is 2.90. The van der Waals surface area contributed by atoms with Crippen LogP contribution in [0.4, 0.5) is 11.8 Å². The molecule has 0 radical (unpaired) electrons. The molecule has 116 valence electrons. The first-order chi connectivity index (χ1) is 10.6. The molecule has 22 heavy (non-hydrogen) atoms. The summed E-state index contributed by atoms with van der Waals surface area (Å²) in [6.45, 7) is 5.56. The SMILES string of the molecule is CNc1nc(C)cc(N2CCc3cc([C@@H](C)O)ccc3C2)n1. The fraction of sp³-hybridized carbons (Fsp3) is 0.412. The molecule has 0 saturated heterocycles. The van der Waals surface area contributed by atoms with Gasteiger partial charge in [0.15, 0.2) is 0 Å². The molecule has 2 N–H and O–H groups in total. The van der Waals surface area contributed by atoms with Crippen LogP contribution < -0.4 is 10.2 Å². The van der Waals surface area contributed by atoms with Gasteiger partial charge in [0.25, 0.3) is 0 Å². The molecule has 2 aromatic rings. The Morgan fingerprint density at radius 1 is 1.23 bits per heavy atom. The zero-order valence-electron chi connectivity index (χ0n) is 13.3.